The highest BCUT2D eigenvalue weighted by atomic mass is 35.5. The molecule has 1 atom stereocenters. The normalized spacial score (nSPS) is 12.4. The third-order valence-electron chi connectivity index (χ3n) is 2.11. The van der Waals surface area contributed by atoms with Crippen molar-refractivity contribution in [2.75, 3.05) is 5.73 Å². The van der Waals surface area contributed by atoms with Gasteiger partial charge in [0.25, 0.3) is 0 Å². The number of nitrogen functional groups attached to an aromatic ring is 1. The zero-order valence-electron chi connectivity index (χ0n) is 7.83. The van der Waals surface area contributed by atoms with Gasteiger partial charge in [-0.3, -0.25) is 4.79 Å². The molecule has 0 saturated carbocycles. The molecule has 0 aromatic heterocycles. The molecule has 0 aliphatic heterocycles. The summed E-state index contributed by atoms with van der Waals surface area (Å²) in [6.07, 6.45) is 0.513. The van der Waals surface area contributed by atoms with Gasteiger partial charge in [-0.1, -0.05) is 24.6 Å². The maximum atomic E-state index is 10.9. The molecule has 1 rings (SSSR count). The highest BCUT2D eigenvalue weighted by Gasteiger charge is 2.19. The summed E-state index contributed by atoms with van der Waals surface area (Å²) in [6.45, 7) is 1.81. The van der Waals surface area contributed by atoms with Crippen LogP contribution in [0.4, 0.5) is 5.69 Å². The van der Waals surface area contributed by atoms with Crippen LogP contribution in [0.15, 0.2) is 18.2 Å². The molecule has 3 N–H and O–H groups in total. The van der Waals surface area contributed by atoms with Crippen molar-refractivity contribution in [2.45, 2.75) is 19.3 Å². The van der Waals surface area contributed by atoms with Crippen molar-refractivity contribution in [3.8, 4) is 0 Å². The summed E-state index contributed by atoms with van der Waals surface area (Å²) in [5.41, 5.74) is 6.68. The van der Waals surface area contributed by atoms with Gasteiger partial charge in [0.2, 0.25) is 0 Å². The average Bonchev–Trinajstić information content (AvgIpc) is 2.09. The maximum absolute atomic E-state index is 10.9. The number of aliphatic carboxylic acids is 1. The van der Waals surface area contributed by atoms with Crippen LogP contribution in [0, 0.1) is 0 Å². The van der Waals surface area contributed by atoms with E-state index in [1.807, 2.05) is 6.92 Å². The Morgan fingerprint density at radius 3 is 2.71 bits per heavy atom. The van der Waals surface area contributed by atoms with Crippen LogP contribution in [0.2, 0.25) is 5.02 Å². The summed E-state index contributed by atoms with van der Waals surface area (Å²) in [5, 5.41) is 9.35. The van der Waals surface area contributed by atoms with E-state index in [0.29, 0.717) is 22.7 Å². The molecule has 1 unspecified atom stereocenters. The lowest BCUT2D eigenvalue weighted by atomic mass is 9.96. The number of hydrogen-bond acceptors (Lipinski definition) is 2. The largest absolute Gasteiger partial charge is 0.481 e. The quantitative estimate of drug-likeness (QED) is 0.759. The van der Waals surface area contributed by atoms with Crippen LogP contribution in [0.3, 0.4) is 0 Å². The Kier molecular flexibility index (Phi) is 3.36. The summed E-state index contributed by atoms with van der Waals surface area (Å²) in [4.78, 5) is 10.9. The van der Waals surface area contributed by atoms with E-state index >= 15 is 0 Å². The standard InChI is InChI=1S/C10H12ClNO2/c1-2-7(10(13)14)8-4-3-6(12)5-9(8)11/h3-5,7H,2,12H2,1H3,(H,13,14). The van der Waals surface area contributed by atoms with Gasteiger partial charge in [-0.25, -0.2) is 0 Å². The van der Waals surface area contributed by atoms with Gasteiger partial charge in [0.05, 0.1) is 5.92 Å². The van der Waals surface area contributed by atoms with Crippen LogP contribution in [0.5, 0.6) is 0 Å². The first-order valence-electron chi connectivity index (χ1n) is 4.34. The van der Waals surface area contributed by atoms with E-state index in [9.17, 15) is 4.79 Å². The Hall–Kier alpha value is -1.22. The van der Waals surface area contributed by atoms with Crippen molar-refractivity contribution in [3.05, 3.63) is 28.8 Å². The molecule has 0 amide bonds. The molecular weight excluding hydrogens is 202 g/mol. The van der Waals surface area contributed by atoms with Crippen LogP contribution in [-0.4, -0.2) is 11.1 Å². The SMILES string of the molecule is CCC(C(=O)O)c1ccc(N)cc1Cl. The Morgan fingerprint density at radius 1 is 1.64 bits per heavy atom. The van der Waals surface area contributed by atoms with E-state index in [0.717, 1.165) is 0 Å². The lowest BCUT2D eigenvalue weighted by Crippen LogP contribution is -2.11. The van der Waals surface area contributed by atoms with Gasteiger partial charge in [0.1, 0.15) is 0 Å². The summed E-state index contributed by atoms with van der Waals surface area (Å²) in [7, 11) is 0. The second-order valence-electron chi connectivity index (χ2n) is 3.08. The molecule has 0 radical (unpaired) electrons. The zero-order valence-corrected chi connectivity index (χ0v) is 8.58. The van der Waals surface area contributed by atoms with Crippen molar-refractivity contribution in [1.82, 2.24) is 0 Å². The first kappa shape index (κ1) is 10.9. The molecule has 0 heterocycles. The summed E-state index contributed by atoms with van der Waals surface area (Å²) < 4.78 is 0. The minimum absolute atomic E-state index is 0.416. The Morgan fingerprint density at radius 2 is 2.29 bits per heavy atom. The number of nitrogens with two attached hydrogens (primary N) is 1. The lowest BCUT2D eigenvalue weighted by Gasteiger charge is -2.12. The van der Waals surface area contributed by atoms with Crippen molar-refractivity contribution < 1.29 is 9.90 Å². The minimum atomic E-state index is -0.862. The number of anilines is 1. The second-order valence-corrected chi connectivity index (χ2v) is 3.49. The molecule has 14 heavy (non-hydrogen) atoms. The molecule has 1 aromatic carbocycles. The van der Waals surface area contributed by atoms with Gasteiger partial charge in [-0.15, -0.1) is 0 Å². The number of benzene rings is 1. The Balaban J connectivity index is 3.10. The van der Waals surface area contributed by atoms with Gasteiger partial charge >= 0.3 is 5.97 Å². The Labute approximate surface area is 87.5 Å². The fraction of sp³-hybridized carbons (Fsp3) is 0.300. The zero-order chi connectivity index (χ0) is 10.7. The minimum Gasteiger partial charge on any atom is -0.481 e. The van der Waals surface area contributed by atoms with Crippen molar-refractivity contribution in [2.24, 2.45) is 0 Å². The lowest BCUT2D eigenvalue weighted by molar-refractivity contribution is -0.138. The molecule has 0 bridgehead atoms. The number of carbonyl (C=O) groups is 1. The van der Waals surface area contributed by atoms with Crippen LogP contribution in [0.1, 0.15) is 24.8 Å². The van der Waals surface area contributed by atoms with Crippen molar-refractivity contribution >= 4 is 23.3 Å². The molecule has 76 valence electrons. The van der Waals surface area contributed by atoms with Crippen LogP contribution in [-0.2, 0) is 4.79 Å². The molecule has 0 fully saturated rings. The number of carboxylic acid groups (broad SMARTS) is 1. The molecule has 1 aromatic rings. The molecule has 0 spiro atoms. The first-order chi connectivity index (χ1) is 6.56. The number of carboxylic acids is 1. The summed E-state index contributed by atoms with van der Waals surface area (Å²) >= 11 is 5.90. The fourth-order valence-corrected chi connectivity index (χ4v) is 1.67. The first-order valence-corrected chi connectivity index (χ1v) is 4.71. The van der Waals surface area contributed by atoms with Gasteiger partial charge < -0.3 is 10.8 Å². The van der Waals surface area contributed by atoms with E-state index < -0.39 is 11.9 Å². The van der Waals surface area contributed by atoms with Crippen molar-refractivity contribution in [3.63, 3.8) is 0 Å². The number of halogens is 1. The molecular formula is C10H12ClNO2. The number of hydrogen-bond donors (Lipinski definition) is 2. The topological polar surface area (TPSA) is 63.3 Å². The van der Waals surface area contributed by atoms with Gasteiger partial charge in [-0.05, 0) is 24.1 Å². The monoisotopic (exact) mass is 213 g/mol. The van der Waals surface area contributed by atoms with Gasteiger partial charge in [0, 0.05) is 10.7 Å². The third-order valence-corrected chi connectivity index (χ3v) is 2.43. The highest BCUT2D eigenvalue weighted by Crippen LogP contribution is 2.28. The molecule has 0 aliphatic carbocycles. The molecule has 3 nitrogen and oxygen atoms in total. The molecule has 0 aliphatic rings. The summed E-state index contributed by atoms with van der Waals surface area (Å²) in [6, 6.07) is 4.90. The van der Waals surface area contributed by atoms with Crippen LogP contribution < -0.4 is 5.73 Å². The predicted molar refractivity (Wildman–Crippen MR) is 56.5 cm³/mol. The van der Waals surface area contributed by atoms with Crippen molar-refractivity contribution in [1.29, 1.82) is 0 Å². The van der Waals surface area contributed by atoms with E-state index in [2.05, 4.69) is 0 Å². The van der Waals surface area contributed by atoms with Gasteiger partial charge in [0.15, 0.2) is 0 Å². The molecule has 0 saturated heterocycles. The third kappa shape index (κ3) is 2.17. The second kappa shape index (κ2) is 4.33. The molecule has 4 heteroatoms. The average molecular weight is 214 g/mol. The number of rotatable bonds is 3. The van der Waals surface area contributed by atoms with Crippen LogP contribution >= 0.6 is 11.6 Å². The van der Waals surface area contributed by atoms with E-state index in [1.54, 1.807) is 18.2 Å². The van der Waals surface area contributed by atoms with Gasteiger partial charge in [-0.2, -0.15) is 0 Å². The predicted octanol–water partition coefficient (Wildman–Crippen LogP) is 2.50. The fourth-order valence-electron chi connectivity index (χ4n) is 1.35. The van der Waals surface area contributed by atoms with Crippen LogP contribution in [0.25, 0.3) is 0 Å². The highest BCUT2D eigenvalue weighted by molar-refractivity contribution is 6.31. The van der Waals surface area contributed by atoms with E-state index in [1.165, 1.54) is 0 Å². The summed E-state index contributed by atoms with van der Waals surface area (Å²) in [5.74, 6) is -1.41. The van der Waals surface area contributed by atoms with E-state index in [4.69, 9.17) is 22.4 Å². The Bertz CT molecular complexity index is 352. The van der Waals surface area contributed by atoms with E-state index in [-0.39, 0.29) is 0 Å². The maximum Gasteiger partial charge on any atom is 0.311 e. The smallest absolute Gasteiger partial charge is 0.311 e.